The summed E-state index contributed by atoms with van der Waals surface area (Å²) in [7, 11) is 3.83. The van der Waals surface area contributed by atoms with Crippen molar-refractivity contribution in [1.82, 2.24) is 19.7 Å². The van der Waals surface area contributed by atoms with E-state index in [9.17, 15) is 9.18 Å². The Morgan fingerprint density at radius 3 is 2.42 bits per heavy atom. The van der Waals surface area contributed by atoms with Gasteiger partial charge in [0, 0.05) is 45.7 Å². The molecule has 1 amide bonds. The van der Waals surface area contributed by atoms with Gasteiger partial charge in [-0.3, -0.25) is 9.36 Å². The highest BCUT2D eigenvalue weighted by atomic mass is 19.1. The average Bonchev–Trinajstić information content (AvgIpc) is 2.96. The first-order valence-electron chi connectivity index (χ1n) is 8.11. The third-order valence-corrected chi connectivity index (χ3v) is 4.70. The summed E-state index contributed by atoms with van der Waals surface area (Å²) in [6, 6.07) is 6.30. The molecule has 1 aromatic heterocycles. The van der Waals surface area contributed by atoms with Crippen molar-refractivity contribution in [3.8, 4) is 0 Å². The molecule has 1 aliphatic rings. The van der Waals surface area contributed by atoms with E-state index in [0.29, 0.717) is 11.9 Å². The van der Waals surface area contributed by atoms with Crippen molar-refractivity contribution in [3.63, 3.8) is 0 Å². The fourth-order valence-electron chi connectivity index (χ4n) is 3.21. The third kappa shape index (κ3) is 3.11. The van der Waals surface area contributed by atoms with Crippen LogP contribution in [0.2, 0.25) is 0 Å². The van der Waals surface area contributed by atoms with Crippen LogP contribution in [-0.2, 0) is 11.8 Å². The van der Waals surface area contributed by atoms with E-state index in [-0.39, 0.29) is 11.7 Å². The predicted molar refractivity (Wildman–Crippen MR) is 89.7 cm³/mol. The van der Waals surface area contributed by atoms with Crippen molar-refractivity contribution < 1.29 is 9.18 Å². The molecule has 1 aliphatic heterocycles. The smallest absolute Gasteiger partial charge is 0.231 e. The quantitative estimate of drug-likeness (QED) is 0.867. The number of carbonyl (C=O) groups is 1. The van der Waals surface area contributed by atoms with Crippen LogP contribution in [0, 0.1) is 5.82 Å². The minimum absolute atomic E-state index is 0.128. The Morgan fingerprint density at radius 1 is 1.21 bits per heavy atom. The lowest BCUT2D eigenvalue weighted by molar-refractivity contribution is -0.129. The van der Waals surface area contributed by atoms with Gasteiger partial charge in [0.1, 0.15) is 11.6 Å². The Hall–Kier alpha value is -2.44. The highest BCUT2D eigenvalue weighted by molar-refractivity contribution is 5.73. The van der Waals surface area contributed by atoms with Gasteiger partial charge < -0.3 is 9.80 Å². The Kier molecular flexibility index (Phi) is 4.51. The lowest BCUT2D eigenvalue weighted by atomic mass is 9.96. The normalized spacial score (nSPS) is 15.6. The summed E-state index contributed by atoms with van der Waals surface area (Å²) in [5, 5.41) is 8.68. The zero-order valence-corrected chi connectivity index (χ0v) is 14.2. The fraction of sp³-hybridized carbons (Fsp3) is 0.471. The first kappa shape index (κ1) is 16.4. The van der Waals surface area contributed by atoms with Crippen molar-refractivity contribution in [1.29, 1.82) is 0 Å². The maximum atomic E-state index is 13.1. The van der Waals surface area contributed by atoms with Crippen molar-refractivity contribution in [2.45, 2.75) is 25.7 Å². The summed E-state index contributed by atoms with van der Waals surface area (Å²) in [6.07, 6.45) is 1.79. The van der Waals surface area contributed by atoms with Crippen molar-refractivity contribution in [2.24, 2.45) is 7.05 Å². The molecule has 7 heteroatoms. The molecule has 0 aliphatic carbocycles. The number of hydrogen-bond acceptors (Lipinski definition) is 4. The molecule has 2 heterocycles. The number of halogens is 1. The number of nitrogens with zero attached hydrogens (tertiary/aromatic N) is 5. The number of hydrogen-bond donors (Lipinski definition) is 0. The van der Waals surface area contributed by atoms with E-state index in [0.717, 1.165) is 37.4 Å². The molecule has 2 aromatic rings. The van der Waals surface area contributed by atoms with Gasteiger partial charge in [-0.2, -0.15) is 0 Å². The summed E-state index contributed by atoms with van der Waals surface area (Å²) < 4.78 is 15.1. The van der Waals surface area contributed by atoms with Crippen LogP contribution in [0.1, 0.15) is 31.5 Å². The number of aromatic nitrogens is 3. The van der Waals surface area contributed by atoms with E-state index in [1.54, 1.807) is 19.1 Å². The van der Waals surface area contributed by atoms with Crippen LogP contribution in [0.5, 0.6) is 0 Å². The number of rotatable bonds is 3. The number of anilines is 2. The Bertz CT molecular complexity index is 719. The van der Waals surface area contributed by atoms with Crippen molar-refractivity contribution in [3.05, 3.63) is 35.9 Å². The van der Waals surface area contributed by atoms with E-state index >= 15 is 0 Å². The van der Waals surface area contributed by atoms with Crippen LogP contribution in [0.4, 0.5) is 16.0 Å². The predicted octanol–water partition coefficient (Wildman–Crippen LogP) is 2.45. The fourth-order valence-corrected chi connectivity index (χ4v) is 3.21. The maximum Gasteiger partial charge on any atom is 0.231 e. The van der Waals surface area contributed by atoms with Gasteiger partial charge in [0.25, 0.3) is 0 Å². The second kappa shape index (κ2) is 6.59. The summed E-state index contributed by atoms with van der Waals surface area (Å²) in [5.74, 6) is 1.81. The second-order valence-corrected chi connectivity index (χ2v) is 6.23. The number of carbonyl (C=O) groups excluding carboxylic acids is 1. The molecule has 0 unspecified atom stereocenters. The summed E-state index contributed by atoms with van der Waals surface area (Å²) in [5.41, 5.74) is 0.852. The standard InChI is InChI=1S/C17H22FN5O/c1-12(24)23-10-8-13(9-11-23)16-19-20-17(22(16)3)21(2)15-6-4-14(18)5-7-15/h4-7,13H,8-11H2,1-3H3. The van der Waals surface area contributed by atoms with Crippen molar-refractivity contribution >= 4 is 17.5 Å². The molecule has 0 spiro atoms. The van der Waals surface area contributed by atoms with Gasteiger partial charge in [0.15, 0.2) is 0 Å². The molecule has 1 fully saturated rings. The molecule has 0 radical (unpaired) electrons. The molecule has 1 aromatic carbocycles. The maximum absolute atomic E-state index is 13.1. The molecule has 3 rings (SSSR count). The summed E-state index contributed by atoms with van der Waals surface area (Å²) >= 11 is 0. The Labute approximate surface area is 140 Å². The first-order chi connectivity index (χ1) is 11.5. The molecule has 0 bridgehead atoms. The molecule has 0 N–H and O–H groups in total. The largest absolute Gasteiger partial charge is 0.343 e. The van der Waals surface area contributed by atoms with Gasteiger partial charge in [0.2, 0.25) is 11.9 Å². The number of amides is 1. The molecule has 6 nitrogen and oxygen atoms in total. The number of likely N-dealkylation sites (tertiary alicyclic amines) is 1. The number of piperidine rings is 1. The second-order valence-electron chi connectivity index (χ2n) is 6.23. The van der Waals surface area contributed by atoms with Crippen LogP contribution in [-0.4, -0.2) is 45.7 Å². The molecular formula is C17H22FN5O. The molecule has 24 heavy (non-hydrogen) atoms. The van der Waals surface area contributed by atoms with Crippen LogP contribution in [0.15, 0.2) is 24.3 Å². The van der Waals surface area contributed by atoms with Crippen LogP contribution in [0.3, 0.4) is 0 Å². The van der Waals surface area contributed by atoms with Gasteiger partial charge in [-0.15, -0.1) is 10.2 Å². The topological polar surface area (TPSA) is 54.3 Å². The van der Waals surface area contributed by atoms with Crippen LogP contribution >= 0.6 is 0 Å². The lowest BCUT2D eigenvalue weighted by Gasteiger charge is -2.30. The zero-order chi connectivity index (χ0) is 17.3. The van der Waals surface area contributed by atoms with E-state index in [4.69, 9.17) is 0 Å². The molecule has 1 saturated heterocycles. The van der Waals surface area contributed by atoms with E-state index in [1.165, 1.54) is 12.1 Å². The zero-order valence-electron chi connectivity index (χ0n) is 14.2. The van der Waals surface area contributed by atoms with Crippen LogP contribution < -0.4 is 4.90 Å². The average molecular weight is 331 g/mol. The highest BCUT2D eigenvalue weighted by Crippen LogP contribution is 2.30. The molecule has 0 atom stereocenters. The molecule has 0 saturated carbocycles. The highest BCUT2D eigenvalue weighted by Gasteiger charge is 2.26. The van der Waals surface area contributed by atoms with E-state index in [2.05, 4.69) is 10.2 Å². The van der Waals surface area contributed by atoms with E-state index < -0.39 is 0 Å². The monoisotopic (exact) mass is 331 g/mol. The summed E-state index contributed by atoms with van der Waals surface area (Å²) in [4.78, 5) is 15.2. The summed E-state index contributed by atoms with van der Waals surface area (Å²) in [6.45, 7) is 3.13. The minimum Gasteiger partial charge on any atom is -0.343 e. The Morgan fingerprint density at radius 2 is 1.83 bits per heavy atom. The third-order valence-electron chi connectivity index (χ3n) is 4.70. The van der Waals surface area contributed by atoms with Crippen molar-refractivity contribution in [2.75, 3.05) is 25.0 Å². The minimum atomic E-state index is -0.261. The number of benzene rings is 1. The SMILES string of the molecule is CC(=O)N1CCC(c2nnc(N(C)c3ccc(F)cc3)n2C)CC1. The Balaban J connectivity index is 1.76. The van der Waals surface area contributed by atoms with E-state index in [1.807, 2.05) is 28.5 Å². The van der Waals surface area contributed by atoms with Gasteiger partial charge in [-0.25, -0.2) is 4.39 Å². The first-order valence-corrected chi connectivity index (χ1v) is 8.11. The molecule has 128 valence electrons. The molecular weight excluding hydrogens is 309 g/mol. The van der Waals surface area contributed by atoms with Gasteiger partial charge >= 0.3 is 0 Å². The lowest BCUT2D eigenvalue weighted by Crippen LogP contribution is -2.36. The van der Waals surface area contributed by atoms with Gasteiger partial charge in [-0.1, -0.05) is 0 Å². The van der Waals surface area contributed by atoms with Gasteiger partial charge in [0.05, 0.1) is 0 Å². The van der Waals surface area contributed by atoms with Gasteiger partial charge in [-0.05, 0) is 37.1 Å². The van der Waals surface area contributed by atoms with Crippen LogP contribution in [0.25, 0.3) is 0 Å².